The van der Waals surface area contributed by atoms with E-state index in [1.807, 2.05) is 62.4 Å². The molecule has 32 heavy (non-hydrogen) atoms. The summed E-state index contributed by atoms with van der Waals surface area (Å²) >= 11 is 0. The largest absolute Gasteiger partial charge is 0.519 e. The average molecular weight is 426 g/mol. The Hall–Kier alpha value is -4.25. The summed E-state index contributed by atoms with van der Waals surface area (Å²) in [4.78, 5) is 12.1. The second-order valence-electron chi connectivity index (χ2n) is 7.13. The van der Waals surface area contributed by atoms with E-state index in [9.17, 15) is 4.79 Å². The van der Waals surface area contributed by atoms with Crippen molar-refractivity contribution in [1.29, 1.82) is 0 Å². The molecule has 0 N–H and O–H groups in total. The molecule has 0 spiro atoms. The number of para-hydroxylation sites is 2. The minimum atomic E-state index is -0.829. The number of hydrogen-bond acceptors (Lipinski definition) is 5. The summed E-state index contributed by atoms with van der Waals surface area (Å²) in [5.41, 5.74) is 2.07. The molecule has 0 saturated heterocycles. The number of aryl methyl sites for hydroxylation is 2. The van der Waals surface area contributed by atoms with Crippen molar-refractivity contribution in [1.82, 2.24) is 0 Å². The van der Waals surface area contributed by atoms with E-state index >= 15 is 0 Å². The van der Waals surface area contributed by atoms with Gasteiger partial charge in [-0.15, -0.1) is 0 Å². The fraction of sp³-hybridized carbons (Fsp3) is 0.0741. The Balaban J connectivity index is 1.31. The van der Waals surface area contributed by atoms with Gasteiger partial charge < -0.3 is 18.9 Å². The highest BCUT2D eigenvalue weighted by Crippen LogP contribution is 2.28. The highest BCUT2D eigenvalue weighted by molar-refractivity contribution is 5.67. The maximum absolute atomic E-state index is 12.1. The molecule has 0 unspecified atom stereocenters. The molecule has 0 aliphatic rings. The molecule has 0 aliphatic carbocycles. The van der Waals surface area contributed by atoms with Crippen LogP contribution in [0.2, 0.25) is 0 Å². The van der Waals surface area contributed by atoms with E-state index in [1.54, 1.807) is 48.5 Å². The molecule has 4 aromatic rings. The van der Waals surface area contributed by atoms with Gasteiger partial charge in [-0.05, 0) is 85.6 Å². The fourth-order valence-corrected chi connectivity index (χ4v) is 2.96. The molecule has 0 aliphatic heterocycles. The molecule has 0 bridgehead atoms. The standard InChI is InChI=1S/C27H22O5/c1-19-7-3-5-9-25(19)29-21-11-15-23(16-12-21)31-27(28)32-24-17-13-22(14-18-24)30-26-10-6-4-8-20(26)2/h3-18H,1-2H3. The van der Waals surface area contributed by atoms with Gasteiger partial charge in [0.1, 0.15) is 34.5 Å². The van der Waals surface area contributed by atoms with Crippen molar-refractivity contribution in [2.45, 2.75) is 13.8 Å². The summed E-state index contributed by atoms with van der Waals surface area (Å²) in [6.45, 7) is 3.95. The lowest BCUT2D eigenvalue weighted by Gasteiger charge is -2.10. The van der Waals surface area contributed by atoms with Crippen molar-refractivity contribution >= 4 is 6.16 Å². The van der Waals surface area contributed by atoms with Gasteiger partial charge in [-0.3, -0.25) is 0 Å². The quantitative estimate of drug-likeness (QED) is 0.236. The number of carbonyl (C=O) groups excluding carboxylic acids is 1. The van der Waals surface area contributed by atoms with Crippen LogP contribution >= 0.6 is 0 Å². The number of carbonyl (C=O) groups is 1. The Bertz CT molecular complexity index is 1100. The van der Waals surface area contributed by atoms with Gasteiger partial charge in [0.05, 0.1) is 0 Å². The topological polar surface area (TPSA) is 54.0 Å². The van der Waals surface area contributed by atoms with E-state index in [2.05, 4.69) is 0 Å². The first-order valence-corrected chi connectivity index (χ1v) is 10.1. The third-order valence-corrected chi connectivity index (χ3v) is 4.69. The van der Waals surface area contributed by atoms with Crippen molar-refractivity contribution in [2.75, 3.05) is 0 Å². The summed E-state index contributed by atoms with van der Waals surface area (Å²) in [6, 6.07) is 29.0. The monoisotopic (exact) mass is 426 g/mol. The van der Waals surface area contributed by atoms with Gasteiger partial charge in [-0.25, -0.2) is 4.79 Å². The molecule has 0 atom stereocenters. The highest BCUT2D eigenvalue weighted by Gasteiger charge is 2.09. The predicted molar refractivity (Wildman–Crippen MR) is 122 cm³/mol. The van der Waals surface area contributed by atoms with Crippen LogP contribution in [0.3, 0.4) is 0 Å². The van der Waals surface area contributed by atoms with Gasteiger partial charge in [-0.1, -0.05) is 36.4 Å². The lowest BCUT2D eigenvalue weighted by Crippen LogP contribution is -2.13. The molecular formula is C27H22O5. The minimum Gasteiger partial charge on any atom is -0.457 e. The number of rotatable bonds is 6. The molecular weight excluding hydrogens is 404 g/mol. The van der Waals surface area contributed by atoms with Gasteiger partial charge in [-0.2, -0.15) is 0 Å². The van der Waals surface area contributed by atoms with Crippen LogP contribution in [0.5, 0.6) is 34.5 Å². The maximum atomic E-state index is 12.1. The number of ether oxygens (including phenoxy) is 4. The third kappa shape index (κ3) is 5.46. The van der Waals surface area contributed by atoms with Gasteiger partial charge in [0.15, 0.2) is 0 Å². The average Bonchev–Trinajstić information content (AvgIpc) is 2.79. The van der Waals surface area contributed by atoms with Crippen LogP contribution in [0.15, 0.2) is 97.1 Å². The highest BCUT2D eigenvalue weighted by atomic mass is 16.7. The van der Waals surface area contributed by atoms with Gasteiger partial charge >= 0.3 is 6.16 Å². The summed E-state index contributed by atoms with van der Waals surface area (Å²) < 4.78 is 22.2. The zero-order valence-electron chi connectivity index (χ0n) is 17.8. The predicted octanol–water partition coefficient (Wildman–Crippen LogP) is 7.47. The molecule has 5 heteroatoms. The molecule has 0 fully saturated rings. The Kier molecular flexibility index (Phi) is 6.37. The molecule has 0 radical (unpaired) electrons. The van der Waals surface area contributed by atoms with E-state index in [0.717, 1.165) is 22.6 Å². The Morgan fingerprint density at radius 3 is 1.22 bits per heavy atom. The zero-order chi connectivity index (χ0) is 22.3. The molecule has 0 saturated carbocycles. The molecule has 0 heterocycles. The van der Waals surface area contributed by atoms with Crippen molar-refractivity contribution in [3.63, 3.8) is 0 Å². The zero-order valence-corrected chi connectivity index (χ0v) is 17.8. The molecule has 0 aromatic heterocycles. The van der Waals surface area contributed by atoms with Crippen LogP contribution in [0.25, 0.3) is 0 Å². The molecule has 0 amide bonds. The second kappa shape index (κ2) is 9.71. The fourth-order valence-electron chi connectivity index (χ4n) is 2.96. The number of benzene rings is 4. The van der Waals surface area contributed by atoms with Crippen molar-refractivity contribution in [3.8, 4) is 34.5 Å². The lowest BCUT2D eigenvalue weighted by molar-refractivity contribution is 0.152. The first kappa shape index (κ1) is 21.0. The molecule has 4 rings (SSSR count). The van der Waals surface area contributed by atoms with E-state index in [1.165, 1.54) is 0 Å². The maximum Gasteiger partial charge on any atom is 0.519 e. The minimum absolute atomic E-state index is 0.353. The Labute approximate surface area is 186 Å². The summed E-state index contributed by atoms with van der Waals surface area (Å²) in [5.74, 6) is 3.54. The van der Waals surface area contributed by atoms with Crippen LogP contribution in [-0.4, -0.2) is 6.16 Å². The van der Waals surface area contributed by atoms with E-state index in [4.69, 9.17) is 18.9 Å². The Morgan fingerprint density at radius 1 is 0.500 bits per heavy atom. The van der Waals surface area contributed by atoms with Gasteiger partial charge in [0.25, 0.3) is 0 Å². The van der Waals surface area contributed by atoms with Crippen molar-refractivity contribution < 1.29 is 23.7 Å². The van der Waals surface area contributed by atoms with Crippen LogP contribution in [0.1, 0.15) is 11.1 Å². The van der Waals surface area contributed by atoms with Crippen LogP contribution < -0.4 is 18.9 Å². The van der Waals surface area contributed by atoms with Crippen molar-refractivity contribution in [2.24, 2.45) is 0 Å². The second-order valence-corrected chi connectivity index (χ2v) is 7.13. The molecule has 160 valence electrons. The van der Waals surface area contributed by atoms with Crippen LogP contribution in [0.4, 0.5) is 4.79 Å². The van der Waals surface area contributed by atoms with E-state index < -0.39 is 6.16 Å². The first-order chi connectivity index (χ1) is 15.6. The smallest absolute Gasteiger partial charge is 0.457 e. The lowest BCUT2D eigenvalue weighted by atomic mass is 10.2. The number of hydrogen-bond donors (Lipinski definition) is 0. The summed E-state index contributed by atoms with van der Waals surface area (Å²) in [5, 5.41) is 0. The van der Waals surface area contributed by atoms with E-state index in [0.29, 0.717) is 23.0 Å². The van der Waals surface area contributed by atoms with Crippen LogP contribution in [-0.2, 0) is 0 Å². The summed E-state index contributed by atoms with van der Waals surface area (Å²) in [6.07, 6.45) is -0.829. The van der Waals surface area contributed by atoms with Crippen LogP contribution in [0, 0.1) is 13.8 Å². The summed E-state index contributed by atoms with van der Waals surface area (Å²) in [7, 11) is 0. The molecule has 5 nitrogen and oxygen atoms in total. The Morgan fingerprint density at radius 2 is 0.844 bits per heavy atom. The van der Waals surface area contributed by atoms with E-state index in [-0.39, 0.29) is 0 Å². The molecule has 4 aromatic carbocycles. The normalized spacial score (nSPS) is 10.3. The third-order valence-electron chi connectivity index (χ3n) is 4.69. The SMILES string of the molecule is Cc1ccccc1Oc1ccc(OC(=O)Oc2ccc(Oc3ccccc3C)cc2)cc1. The van der Waals surface area contributed by atoms with Crippen molar-refractivity contribution in [3.05, 3.63) is 108 Å². The van der Waals surface area contributed by atoms with Gasteiger partial charge in [0, 0.05) is 0 Å². The van der Waals surface area contributed by atoms with Gasteiger partial charge in [0.2, 0.25) is 0 Å². The first-order valence-electron chi connectivity index (χ1n) is 10.1.